The molecule has 9 heteroatoms. The third kappa shape index (κ3) is 5.90. The van der Waals surface area contributed by atoms with Gasteiger partial charge in [-0.05, 0) is 62.0 Å². The van der Waals surface area contributed by atoms with Gasteiger partial charge in [0, 0.05) is 5.56 Å². The van der Waals surface area contributed by atoms with Crippen LogP contribution in [0.25, 0.3) is 0 Å². The van der Waals surface area contributed by atoms with Crippen LogP contribution >= 0.6 is 8.58 Å². The van der Waals surface area contributed by atoms with Crippen molar-refractivity contribution >= 4 is 38.3 Å². The van der Waals surface area contributed by atoms with Crippen molar-refractivity contribution in [3.05, 3.63) is 63.7 Å². The summed E-state index contributed by atoms with van der Waals surface area (Å²) < 4.78 is 80.1. The van der Waals surface area contributed by atoms with Crippen molar-refractivity contribution in [3.8, 4) is 0 Å². The molecule has 160 valence electrons. The van der Waals surface area contributed by atoms with Crippen molar-refractivity contribution in [1.82, 2.24) is 0 Å². The van der Waals surface area contributed by atoms with E-state index in [1.54, 1.807) is 13.8 Å². The average molecular weight is 442 g/mol. The Morgan fingerprint density at radius 3 is 1.57 bits per heavy atom. The van der Waals surface area contributed by atoms with Crippen LogP contribution in [0.3, 0.4) is 0 Å². The van der Waals surface area contributed by atoms with Crippen molar-refractivity contribution < 1.29 is 31.1 Å². The van der Waals surface area contributed by atoms with Crippen molar-refractivity contribution in [3.63, 3.8) is 0 Å². The molecule has 1 atom stereocenters. The number of rotatable bonds is 3. The quantitative estimate of drug-likeness (QED) is 0.317. The van der Waals surface area contributed by atoms with E-state index in [0.29, 0.717) is 34.6 Å². The normalized spacial score (nSPS) is 12.9. The fourth-order valence-electron chi connectivity index (χ4n) is 3.04. The number of carbonyl (C=O) groups excluding carboxylic acids is 1. The Morgan fingerprint density at radius 1 is 0.833 bits per heavy atom. The molecule has 0 aromatic heterocycles. The van der Waals surface area contributed by atoms with Crippen LogP contribution in [0.4, 0.5) is 26.3 Å². The maximum atomic E-state index is 13.3. The minimum absolute atomic E-state index is 0. The zero-order chi connectivity index (χ0) is 22.4. The van der Waals surface area contributed by atoms with Crippen LogP contribution in [0.2, 0.25) is 0 Å². The first kappa shape index (κ1) is 26.8. The van der Waals surface area contributed by atoms with Crippen molar-refractivity contribution in [2.75, 3.05) is 0 Å². The molecule has 0 aliphatic heterocycles. The zero-order valence-corrected chi connectivity index (χ0v) is 17.6. The van der Waals surface area contributed by atoms with Crippen LogP contribution in [0.15, 0.2) is 30.3 Å². The van der Waals surface area contributed by atoms with E-state index in [0.717, 1.165) is 5.56 Å². The third-order valence-electron chi connectivity index (χ3n) is 4.54. The summed E-state index contributed by atoms with van der Waals surface area (Å²) in [7, 11) is -0.855. The van der Waals surface area contributed by atoms with Gasteiger partial charge in [0.1, 0.15) is 0 Å². The number of aryl methyl sites for hydroxylation is 2. The van der Waals surface area contributed by atoms with E-state index in [9.17, 15) is 31.1 Å². The Kier molecular flexibility index (Phi) is 8.08. The van der Waals surface area contributed by atoms with Gasteiger partial charge in [0.2, 0.25) is 0 Å². The van der Waals surface area contributed by atoms with Gasteiger partial charge < -0.3 is 0 Å². The van der Waals surface area contributed by atoms with Crippen LogP contribution in [0, 0.1) is 13.8 Å². The Hall–Kier alpha value is -1.28. The fraction of sp³-hybridized carbons (Fsp3) is 0.381. The van der Waals surface area contributed by atoms with Gasteiger partial charge in [0.05, 0.1) is 11.1 Å². The summed E-state index contributed by atoms with van der Waals surface area (Å²) in [5, 5.41) is 0.466. The number of alkyl halides is 6. The molecular formula is C21H22F6LiOP. The molecule has 0 spiro atoms. The summed E-state index contributed by atoms with van der Waals surface area (Å²) in [5.41, 5.74) is -3.50. The zero-order valence-electron chi connectivity index (χ0n) is 16.6. The summed E-state index contributed by atoms with van der Waals surface area (Å²) in [4.78, 5) is 12.7. The van der Waals surface area contributed by atoms with Gasteiger partial charge in [0.15, 0.2) is 5.52 Å². The molecule has 0 aliphatic rings. The summed E-state index contributed by atoms with van der Waals surface area (Å²) in [6, 6.07) is 5.33. The van der Waals surface area contributed by atoms with E-state index in [1.165, 1.54) is 0 Å². The Balaban J connectivity index is 0.00000450. The Bertz CT molecular complexity index is 887. The average Bonchev–Trinajstić information content (AvgIpc) is 2.54. The molecule has 1 unspecified atom stereocenters. The van der Waals surface area contributed by atoms with Gasteiger partial charge in [0.25, 0.3) is 0 Å². The predicted molar refractivity (Wildman–Crippen MR) is 110 cm³/mol. The second-order valence-corrected chi connectivity index (χ2v) is 9.12. The Morgan fingerprint density at radius 2 is 1.23 bits per heavy atom. The topological polar surface area (TPSA) is 17.1 Å². The molecule has 0 saturated heterocycles. The number of halogens is 6. The summed E-state index contributed by atoms with van der Waals surface area (Å²) in [6.07, 6.45) is -10.1. The number of hydrogen-bond donors (Lipinski definition) is 0. The van der Waals surface area contributed by atoms with Crippen LogP contribution < -0.4 is 5.30 Å². The van der Waals surface area contributed by atoms with E-state index < -0.39 is 43.1 Å². The van der Waals surface area contributed by atoms with E-state index in [2.05, 4.69) is 0 Å². The van der Waals surface area contributed by atoms with Gasteiger partial charge in [-0.15, -0.1) is 0 Å². The number of benzene rings is 2. The van der Waals surface area contributed by atoms with Crippen LogP contribution in [0.1, 0.15) is 58.9 Å². The van der Waals surface area contributed by atoms with Crippen LogP contribution in [-0.4, -0.2) is 24.4 Å². The first-order valence-electron chi connectivity index (χ1n) is 8.74. The van der Waals surface area contributed by atoms with Crippen LogP contribution in [0.5, 0.6) is 0 Å². The van der Waals surface area contributed by atoms with Crippen molar-refractivity contribution in [2.45, 2.75) is 52.4 Å². The first-order valence-corrected chi connectivity index (χ1v) is 9.74. The van der Waals surface area contributed by atoms with Gasteiger partial charge in [-0.2, -0.15) is 26.3 Å². The molecule has 0 radical (unpaired) electrons. The van der Waals surface area contributed by atoms with Crippen molar-refractivity contribution in [1.29, 1.82) is 0 Å². The SMILES string of the molecule is Cc1cc(C(C)(C)C)cc(C)c1PC(=O)c1c(C(F)(F)F)cccc1C(F)(F)F.[LiH]. The molecule has 0 bridgehead atoms. The van der Waals surface area contributed by atoms with E-state index >= 15 is 0 Å². The molecule has 0 heterocycles. The summed E-state index contributed by atoms with van der Waals surface area (Å²) >= 11 is 0. The third-order valence-corrected chi connectivity index (χ3v) is 6.06. The van der Waals surface area contributed by atoms with Gasteiger partial charge in [-0.25, -0.2) is 0 Å². The molecule has 2 aromatic carbocycles. The molecule has 0 aliphatic carbocycles. The van der Waals surface area contributed by atoms with E-state index in [4.69, 9.17) is 0 Å². The van der Waals surface area contributed by atoms with Gasteiger partial charge >= 0.3 is 31.2 Å². The number of hydrogen-bond acceptors (Lipinski definition) is 1. The summed E-state index contributed by atoms with van der Waals surface area (Å²) in [5.74, 6) is 0. The van der Waals surface area contributed by atoms with Crippen LogP contribution in [-0.2, 0) is 17.8 Å². The second kappa shape index (κ2) is 9.07. The fourth-order valence-corrected chi connectivity index (χ4v) is 4.20. The minimum atomic E-state index is -5.07. The predicted octanol–water partition coefficient (Wildman–Crippen LogP) is 6.13. The standard InChI is InChI=1S/C21H21F6OP.Li.H/c1-11-9-13(19(3,4)5)10-12(2)17(11)29-18(28)16-14(20(22,23)24)7-6-8-15(16)21(25,26)27;;/h6-10,29H,1-5H3;;. The molecule has 0 saturated carbocycles. The van der Waals surface area contributed by atoms with E-state index in [1.807, 2.05) is 32.9 Å². The van der Waals surface area contributed by atoms with Gasteiger partial charge in [-0.3, -0.25) is 4.79 Å². The van der Waals surface area contributed by atoms with Crippen molar-refractivity contribution in [2.24, 2.45) is 0 Å². The second-order valence-electron chi connectivity index (χ2n) is 7.91. The molecule has 0 amide bonds. The molecule has 30 heavy (non-hydrogen) atoms. The molecule has 2 aromatic rings. The Labute approximate surface area is 185 Å². The first-order chi connectivity index (χ1) is 13.0. The monoisotopic (exact) mass is 442 g/mol. The summed E-state index contributed by atoms with van der Waals surface area (Å²) in [6.45, 7) is 9.38. The van der Waals surface area contributed by atoms with Gasteiger partial charge in [-0.1, -0.05) is 39.0 Å². The molecule has 1 nitrogen and oxygen atoms in total. The van der Waals surface area contributed by atoms with E-state index in [-0.39, 0.29) is 24.3 Å². The molecule has 0 fully saturated rings. The number of carbonyl (C=O) groups is 1. The maximum absolute atomic E-state index is 13.3. The molecule has 2 rings (SSSR count). The molecular weight excluding hydrogens is 420 g/mol. The molecule has 0 N–H and O–H groups in total.